The van der Waals surface area contributed by atoms with Crippen molar-refractivity contribution in [1.82, 2.24) is 0 Å². The van der Waals surface area contributed by atoms with Gasteiger partial charge in [-0.1, -0.05) is 36.4 Å². The summed E-state index contributed by atoms with van der Waals surface area (Å²) < 4.78 is 0. The average Bonchev–Trinajstić information content (AvgIpc) is 2.41. The maximum Gasteiger partial charge on any atom is 0.0485 e. The van der Waals surface area contributed by atoms with Crippen molar-refractivity contribution in [3.05, 3.63) is 60.7 Å². The van der Waals surface area contributed by atoms with E-state index in [1.165, 1.54) is 0 Å². The van der Waals surface area contributed by atoms with Gasteiger partial charge in [0.15, 0.2) is 0 Å². The third kappa shape index (κ3) is 6.72. The molecule has 2 rings (SSSR count). The topological polar surface area (TPSA) is 76.1 Å². The fraction of sp³-hybridized carbons (Fsp3) is 0. The summed E-state index contributed by atoms with van der Waals surface area (Å²) in [5, 5.41) is 0. The summed E-state index contributed by atoms with van der Waals surface area (Å²) in [4.78, 5) is 0. The Morgan fingerprint density at radius 2 is 0.882 bits per heavy atom. The molecule has 5 heteroatoms. The normalized spacial score (nSPS) is 8.12. The first-order chi connectivity index (χ1) is 7.86. The summed E-state index contributed by atoms with van der Waals surface area (Å²) in [6.07, 6.45) is 0. The zero-order chi connectivity index (χ0) is 11.6. The van der Waals surface area contributed by atoms with Crippen LogP contribution in [0.2, 0.25) is 0 Å². The summed E-state index contributed by atoms with van der Waals surface area (Å²) in [6.45, 7) is 0. The molecule has 0 heterocycles. The molecule has 2 aromatic carbocycles. The van der Waals surface area contributed by atoms with Crippen LogP contribution >= 0.6 is 0 Å². The molecule has 0 aliphatic heterocycles. The van der Waals surface area contributed by atoms with Crippen LogP contribution in [0.15, 0.2) is 60.7 Å². The summed E-state index contributed by atoms with van der Waals surface area (Å²) >= 11 is 0. The molecular weight excluding hydrogens is 307 g/mol. The Morgan fingerprint density at radius 3 is 1.06 bits per heavy atom. The second-order valence-corrected chi connectivity index (χ2v) is 3.02. The number of nitrogens with one attached hydrogen (secondary N) is 2. The van der Waals surface area contributed by atoms with Crippen LogP contribution in [0.25, 0.3) is 0 Å². The van der Waals surface area contributed by atoms with Crippen LogP contribution < -0.4 is 22.5 Å². The fourth-order valence-corrected chi connectivity index (χ4v) is 1.07. The van der Waals surface area contributed by atoms with Crippen molar-refractivity contribution >= 4 is 11.4 Å². The van der Waals surface area contributed by atoms with E-state index in [9.17, 15) is 0 Å². The van der Waals surface area contributed by atoms with Crippen molar-refractivity contribution in [3.63, 3.8) is 0 Å². The molecule has 0 spiro atoms. The number of nitrogen functional groups attached to an aromatic ring is 2. The molecule has 0 saturated heterocycles. The third-order valence-corrected chi connectivity index (χ3v) is 1.88. The first-order valence-electron chi connectivity index (χ1n) is 4.90. The fourth-order valence-electron chi connectivity index (χ4n) is 1.07. The van der Waals surface area contributed by atoms with Gasteiger partial charge in [0.25, 0.3) is 0 Å². The minimum Gasteiger partial charge on any atom is -0.324 e. The van der Waals surface area contributed by atoms with Gasteiger partial charge in [-0.3, -0.25) is 11.7 Å². The number of hydrogen-bond acceptors (Lipinski definition) is 4. The Hall–Kier alpha value is -1.38. The molecule has 4 nitrogen and oxygen atoms in total. The predicted octanol–water partition coefficient (Wildman–Crippen LogP) is 1.94. The van der Waals surface area contributed by atoms with Gasteiger partial charge in [0.2, 0.25) is 0 Å². The van der Waals surface area contributed by atoms with Crippen LogP contribution in [0, 0.1) is 0 Å². The van der Waals surface area contributed by atoms with Gasteiger partial charge in [-0.15, -0.1) is 0 Å². The Morgan fingerprint density at radius 1 is 0.588 bits per heavy atom. The van der Waals surface area contributed by atoms with E-state index >= 15 is 0 Å². The van der Waals surface area contributed by atoms with E-state index in [1.807, 2.05) is 60.7 Å². The van der Waals surface area contributed by atoms with E-state index in [-0.39, 0.29) is 20.4 Å². The third-order valence-electron chi connectivity index (χ3n) is 1.88. The predicted molar refractivity (Wildman–Crippen MR) is 68.5 cm³/mol. The van der Waals surface area contributed by atoms with Crippen molar-refractivity contribution in [2.75, 3.05) is 10.9 Å². The number of rotatable bonds is 2. The first-order valence-corrected chi connectivity index (χ1v) is 4.90. The van der Waals surface area contributed by atoms with E-state index in [2.05, 4.69) is 10.9 Å². The van der Waals surface area contributed by atoms with Crippen LogP contribution in [0.1, 0.15) is 0 Å². The summed E-state index contributed by atoms with van der Waals surface area (Å²) in [6, 6.07) is 19.2. The van der Waals surface area contributed by atoms with Crippen LogP contribution in [0.3, 0.4) is 0 Å². The van der Waals surface area contributed by atoms with E-state index < -0.39 is 0 Å². The second-order valence-electron chi connectivity index (χ2n) is 3.02. The molecule has 0 radical (unpaired) electrons. The quantitative estimate of drug-likeness (QED) is 0.387. The van der Waals surface area contributed by atoms with Crippen molar-refractivity contribution in [1.29, 1.82) is 0 Å². The van der Waals surface area contributed by atoms with E-state index in [0.29, 0.717) is 0 Å². The van der Waals surface area contributed by atoms with Crippen molar-refractivity contribution in [2.24, 2.45) is 11.7 Å². The standard InChI is InChI=1S/2C6H8N2.Pd/c2*7-8-6-4-2-1-3-5-6;/h2*1-5,8H,7H2;. The molecule has 17 heavy (non-hydrogen) atoms. The van der Waals surface area contributed by atoms with Gasteiger partial charge in [0, 0.05) is 31.8 Å². The number of hydrogen-bond donors (Lipinski definition) is 4. The molecule has 0 saturated carbocycles. The zero-order valence-corrected chi connectivity index (χ0v) is 10.8. The molecule has 0 amide bonds. The smallest absolute Gasteiger partial charge is 0.0485 e. The molecule has 0 aliphatic carbocycles. The molecular formula is C12H16N4Pd. The van der Waals surface area contributed by atoms with Gasteiger partial charge in [-0.2, -0.15) is 0 Å². The molecule has 0 aromatic heterocycles. The molecule has 6 N–H and O–H groups in total. The molecule has 0 unspecified atom stereocenters. The van der Waals surface area contributed by atoms with Crippen LogP contribution in [0.5, 0.6) is 0 Å². The summed E-state index contributed by atoms with van der Waals surface area (Å²) in [7, 11) is 0. The minimum atomic E-state index is 0. The Labute approximate surface area is 115 Å². The van der Waals surface area contributed by atoms with Gasteiger partial charge in [-0.05, 0) is 24.3 Å². The SMILES string of the molecule is NNc1ccccc1.NNc1ccccc1.[Pd]. The maximum atomic E-state index is 5.10. The number of para-hydroxylation sites is 2. The van der Waals surface area contributed by atoms with Gasteiger partial charge in [0.1, 0.15) is 0 Å². The van der Waals surface area contributed by atoms with E-state index in [0.717, 1.165) is 11.4 Å². The summed E-state index contributed by atoms with van der Waals surface area (Å²) in [5.41, 5.74) is 6.93. The molecule has 0 atom stereocenters. The van der Waals surface area contributed by atoms with Crippen molar-refractivity contribution < 1.29 is 20.4 Å². The number of nitrogens with two attached hydrogens (primary N) is 2. The van der Waals surface area contributed by atoms with E-state index in [4.69, 9.17) is 11.7 Å². The molecule has 2 aromatic rings. The van der Waals surface area contributed by atoms with Crippen LogP contribution in [-0.2, 0) is 20.4 Å². The first kappa shape index (κ1) is 15.6. The molecule has 0 aliphatic rings. The Balaban J connectivity index is 0.000000284. The summed E-state index contributed by atoms with van der Waals surface area (Å²) in [5.74, 6) is 10.2. The maximum absolute atomic E-state index is 5.10. The van der Waals surface area contributed by atoms with E-state index in [1.54, 1.807) is 0 Å². The average molecular weight is 323 g/mol. The van der Waals surface area contributed by atoms with Crippen LogP contribution in [0.4, 0.5) is 11.4 Å². The molecule has 94 valence electrons. The largest absolute Gasteiger partial charge is 0.324 e. The Bertz CT molecular complexity index is 341. The second kappa shape index (κ2) is 9.82. The number of hydrazine groups is 2. The zero-order valence-electron chi connectivity index (χ0n) is 9.24. The van der Waals surface area contributed by atoms with Crippen molar-refractivity contribution in [2.45, 2.75) is 0 Å². The van der Waals surface area contributed by atoms with Crippen LogP contribution in [-0.4, -0.2) is 0 Å². The molecule has 0 bridgehead atoms. The van der Waals surface area contributed by atoms with Gasteiger partial charge in [0.05, 0.1) is 0 Å². The molecule has 0 fully saturated rings. The monoisotopic (exact) mass is 322 g/mol. The van der Waals surface area contributed by atoms with Gasteiger partial charge < -0.3 is 10.9 Å². The van der Waals surface area contributed by atoms with Crippen molar-refractivity contribution in [3.8, 4) is 0 Å². The Kier molecular flexibility index (Phi) is 9.02. The van der Waals surface area contributed by atoms with Gasteiger partial charge >= 0.3 is 0 Å². The van der Waals surface area contributed by atoms with Gasteiger partial charge in [-0.25, -0.2) is 0 Å². The number of benzene rings is 2. The number of anilines is 2. The minimum absolute atomic E-state index is 0.